The molecule has 1 aliphatic heterocycles. The summed E-state index contributed by atoms with van der Waals surface area (Å²) >= 11 is 0. The standard InChI is InChI=1S/C29H32N8O/c1-18(2)11-27(38)32-21-12-19(15-30-17-21)20-13-23-28(34-35-29(23)31-16-20)25-14-22-24(33-25)5-4-6-26(22)37-9-7-36(3)8-10-37/h4-6,12-18,33H,7-11H2,1-3H3,(H,32,38)(H,31,34,35). The molecular formula is C29H32N8O. The number of aromatic nitrogens is 5. The largest absolute Gasteiger partial charge is 0.368 e. The van der Waals surface area contributed by atoms with Gasteiger partial charge < -0.3 is 20.1 Å². The molecule has 0 radical (unpaired) electrons. The fourth-order valence-corrected chi connectivity index (χ4v) is 5.11. The molecular weight excluding hydrogens is 476 g/mol. The molecule has 9 nitrogen and oxygen atoms in total. The number of rotatable bonds is 6. The molecule has 5 heterocycles. The Balaban J connectivity index is 1.34. The van der Waals surface area contributed by atoms with Crippen molar-refractivity contribution in [2.45, 2.75) is 20.3 Å². The van der Waals surface area contributed by atoms with Crippen LogP contribution in [0, 0.1) is 5.92 Å². The molecule has 1 aliphatic rings. The van der Waals surface area contributed by atoms with E-state index in [4.69, 9.17) is 0 Å². The summed E-state index contributed by atoms with van der Waals surface area (Å²) in [4.78, 5) is 29.6. The summed E-state index contributed by atoms with van der Waals surface area (Å²) < 4.78 is 0. The van der Waals surface area contributed by atoms with Crippen LogP contribution in [0.25, 0.3) is 44.5 Å². The first-order valence-corrected chi connectivity index (χ1v) is 13.1. The van der Waals surface area contributed by atoms with Gasteiger partial charge in [0.1, 0.15) is 0 Å². The first kappa shape index (κ1) is 24.1. The average Bonchev–Trinajstić information content (AvgIpc) is 3.52. The quantitative estimate of drug-likeness (QED) is 0.301. The Morgan fingerprint density at radius 1 is 1.03 bits per heavy atom. The third-order valence-electron chi connectivity index (χ3n) is 7.11. The molecule has 0 atom stereocenters. The van der Waals surface area contributed by atoms with Crippen LogP contribution in [0.2, 0.25) is 0 Å². The lowest BCUT2D eigenvalue weighted by atomic mass is 10.1. The Bertz CT molecular complexity index is 1610. The van der Waals surface area contributed by atoms with Gasteiger partial charge in [-0.15, -0.1) is 0 Å². The Morgan fingerprint density at radius 2 is 1.84 bits per heavy atom. The highest BCUT2D eigenvalue weighted by Crippen LogP contribution is 2.34. The summed E-state index contributed by atoms with van der Waals surface area (Å²) in [6.07, 6.45) is 5.71. The van der Waals surface area contributed by atoms with E-state index in [2.05, 4.69) is 77.6 Å². The maximum atomic E-state index is 12.3. The van der Waals surface area contributed by atoms with Crippen molar-refractivity contribution in [3.05, 3.63) is 55.0 Å². The maximum absolute atomic E-state index is 12.3. The minimum atomic E-state index is -0.0144. The molecule has 1 saturated heterocycles. The van der Waals surface area contributed by atoms with Gasteiger partial charge in [0.2, 0.25) is 5.91 Å². The number of pyridine rings is 2. The summed E-state index contributed by atoms with van der Waals surface area (Å²) in [6, 6.07) is 12.6. The molecule has 0 unspecified atom stereocenters. The van der Waals surface area contributed by atoms with Crippen molar-refractivity contribution < 1.29 is 4.79 Å². The van der Waals surface area contributed by atoms with Gasteiger partial charge in [0, 0.05) is 78.1 Å². The number of amides is 1. The Labute approximate surface area is 221 Å². The van der Waals surface area contributed by atoms with Gasteiger partial charge in [-0.1, -0.05) is 19.9 Å². The van der Waals surface area contributed by atoms with E-state index in [1.165, 1.54) is 11.1 Å². The van der Waals surface area contributed by atoms with E-state index < -0.39 is 0 Å². The zero-order valence-electron chi connectivity index (χ0n) is 22.0. The molecule has 38 heavy (non-hydrogen) atoms. The van der Waals surface area contributed by atoms with Crippen molar-refractivity contribution in [2.24, 2.45) is 5.92 Å². The lowest BCUT2D eigenvalue weighted by Crippen LogP contribution is -2.44. The van der Waals surface area contributed by atoms with Gasteiger partial charge >= 0.3 is 0 Å². The van der Waals surface area contributed by atoms with E-state index in [9.17, 15) is 4.79 Å². The molecule has 1 fully saturated rings. The summed E-state index contributed by atoms with van der Waals surface area (Å²) in [6.45, 7) is 8.20. The fourth-order valence-electron chi connectivity index (χ4n) is 5.11. The zero-order valence-corrected chi connectivity index (χ0v) is 22.0. The van der Waals surface area contributed by atoms with Gasteiger partial charge in [-0.2, -0.15) is 5.10 Å². The van der Waals surface area contributed by atoms with Gasteiger partial charge in [0.15, 0.2) is 5.65 Å². The molecule has 5 aromatic rings. The van der Waals surface area contributed by atoms with Crippen LogP contribution in [-0.4, -0.2) is 69.2 Å². The van der Waals surface area contributed by atoms with Crippen molar-refractivity contribution in [2.75, 3.05) is 43.4 Å². The van der Waals surface area contributed by atoms with Crippen LogP contribution in [0.5, 0.6) is 0 Å². The average molecular weight is 509 g/mol. The first-order valence-electron chi connectivity index (χ1n) is 13.1. The van der Waals surface area contributed by atoms with Crippen LogP contribution in [0.3, 0.4) is 0 Å². The number of likely N-dealkylation sites (N-methyl/N-ethyl adjacent to an activating group) is 1. The third kappa shape index (κ3) is 4.72. The number of hydrogen-bond donors (Lipinski definition) is 3. The highest BCUT2D eigenvalue weighted by molar-refractivity contribution is 6.00. The second-order valence-electron chi connectivity index (χ2n) is 10.5. The van der Waals surface area contributed by atoms with Crippen LogP contribution in [0.1, 0.15) is 20.3 Å². The predicted molar refractivity (Wildman–Crippen MR) is 152 cm³/mol. The van der Waals surface area contributed by atoms with E-state index in [1.54, 1.807) is 18.6 Å². The van der Waals surface area contributed by atoms with Gasteiger partial charge in [0.05, 0.1) is 23.3 Å². The number of carbonyl (C=O) groups excluding carboxylic acids is 1. The summed E-state index contributed by atoms with van der Waals surface area (Å²) in [5.74, 6) is 0.277. The van der Waals surface area contributed by atoms with Gasteiger partial charge in [0.25, 0.3) is 0 Å². The second kappa shape index (κ2) is 9.90. The molecule has 4 aromatic heterocycles. The minimum Gasteiger partial charge on any atom is -0.368 e. The molecule has 9 heteroatoms. The number of carbonyl (C=O) groups is 1. The molecule has 1 amide bonds. The number of aromatic amines is 2. The number of anilines is 2. The molecule has 0 saturated carbocycles. The third-order valence-corrected chi connectivity index (χ3v) is 7.11. The molecule has 0 aliphatic carbocycles. The zero-order chi connectivity index (χ0) is 26.2. The molecule has 194 valence electrons. The predicted octanol–water partition coefficient (Wildman–Crippen LogP) is 4.90. The van der Waals surface area contributed by atoms with Crippen molar-refractivity contribution in [1.29, 1.82) is 0 Å². The summed E-state index contributed by atoms with van der Waals surface area (Å²) in [7, 11) is 2.17. The Kier molecular flexibility index (Phi) is 6.29. The SMILES string of the molecule is CC(C)CC(=O)Nc1cncc(-c2cnc3n[nH]c(-c4cc5c(N6CCN(C)CC6)cccc5[nH]4)c3c2)c1. The number of nitrogens with one attached hydrogen (secondary N) is 3. The monoisotopic (exact) mass is 508 g/mol. The van der Waals surface area contributed by atoms with Crippen LogP contribution in [-0.2, 0) is 4.79 Å². The molecule has 1 aromatic carbocycles. The van der Waals surface area contributed by atoms with Crippen LogP contribution in [0.4, 0.5) is 11.4 Å². The highest BCUT2D eigenvalue weighted by Gasteiger charge is 2.19. The lowest BCUT2D eigenvalue weighted by molar-refractivity contribution is -0.116. The second-order valence-corrected chi connectivity index (χ2v) is 10.5. The van der Waals surface area contributed by atoms with E-state index in [1.807, 2.05) is 19.9 Å². The Hall–Kier alpha value is -4.24. The van der Waals surface area contributed by atoms with E-state index in [0.717, 1.165) is 59.6 Å². The number of fused-ring (bicyclic) bond motifs is 2. The number of benzene rings is 1. The lowest BCUT2D eigenvalue weighted by Gasteiger charge is -2.34. The molecule has 0 bridgehead atoms. The normalized spacial score (nSPS) is 14.6. The highest BCUT2D eigenvalue weighted by atomic mass is 16.1. The van der Waals surface area contributed by atoms with Gasteiger partial charge in [-0.05, 0) is 43.3 Å². The van der Waals surface area contributed by atoms with E-state index in [-0.39, 0.29) is 5.91 Å². The fraction of sp³-hybridized carbons (Fsp3) is 0.310. The minimum absolute atomic E-state index is 0.0144. The van der Waals surface area contributed by atoms with Crippen molar-refractivity contribution in [3.63, 3.8) is 0 Å². The van der Waals surface area contributed by atoms with Gasteiger partial charge in [-0.25, -0.2) is 4.98 Å². The number of nitrogens with zero attached hydrogens (tertiary/aromatic N) is 5. The van der Waals surface area contributed by atoms with Crippen LogP contribution < -0.4 is 10.2 Å². The van der Waals surface area contributed by atoms with Crippen LogP contribution >= 0.6 is 0 Å². The maximum Gasteiger partial charge on any atom is 0.224 e. The topological polar surface area (TPSA) is 106 Å². The number of piperazine rings is 1. The summed E-state index contributed by atoms with van der Waals surface area (Å²) in [5.41, 5.74) is 7.31. The van der Waals surface area contributed by atoms with Gasteiger partial charge in [-0.3, -0.25) is 14.9 Å². The molecule has 3 N–H and O–H groups in total. The number of hydrogen-bond acceptors (Lipinski definition) is 6. The Morgan fingerprint density at radius 3 is 2.66 bits per heavy atom. The van der Waals surface area contributed by atoms with Crippen molar-refractivity contribution >= 4 is 39.2 Å². The van der Waals surface area contributed by atoms with Crippen LogP contribution in [0.15, 0.2) is 55.0 Å². The number of H-pyrrole nitrogens is 2. The smallest absolute Gasteiger partial charge is 0.224 e. The summed E-state index contributed by atoms with van der Waals surface area (Å²) in [5, 5.41) is 12.7. The van der Waals surface area contributed by atoms with E-state index >= 15 is 0 Å². The van der Waals surface area contributed by atoms with E-state index in [0.29, 0.717) is 23.7 Å². The van der Waals surface area contributed by atoms with Crippen molar-refractivity contribution in [1.82, 2.24) is 30.0 Å². The van der Waals surface area contributed by atoms with Crippen molar-refractivity contribution in [3.8, 4) is 22.5 Å². The molecule has 6 rings (SSSR count). The molecule has 0 spiro atoms. The first-order chi connectivity index (χ1) is 18.4.